The number of methoxy groups -OCH3 is 1. The van der Waals surface area contributed by atoms with Crippen molar-refractivity contribution in [2.45, 2.75) is 39.7 Å². The van der Waals surface area contributed by atoms with Gasteiger partial charge in [-0.05, 0) is 30.2 Å². The number of hydrogen-bond acceptors (Lipinski definition) is 4. The van der Waals surface area contributed by atoms with Gasteiger partial charge in [-0.25, -0.2) is 13.1 Å². The summed E-state index contributed by atoms with van der Waals surface area (Å²) >= 11 is 0. The second kappa shape index (κ2) is 5.85. The lowest BCUT2D eigenvalue weighted by Gasteiger charge is -2.36. The fourth-order valence-electron chi connectivity index (χ4n) is 4.52. The number of sulfonamides is 1. The van der Waals surface area contributed by atoms with E-state index in [4.69, 9.17) is 4.74 Å². The number of ether oxygens (including phenoxy) is 1. The first kappa shape index (κ1) is 17.4. The minimum atomic E-state index is -3.56. The zero-order chi connectivity index (χ0) is 17.6. The molecule has 2 bridgehead atoms. The summed E-state index contributed by atoms with van der Waals surface area (Å²) in [6.07, 6.45) is 2.15. The van der Waals surface area contributed by atoms with E-state index < -0.39 is 15.4 Å². The zero-order valence-electron chi connectivity index (χ0n) is 14.5. The third-order valence-electron chi connectivity index (χ3n) is 6.25. The maximum absolute atomic E-state index is 12.7. The van der Waals surface area contributed by atoms with Crippen molar-refractivity contribution in [2.75, 3.05) is 12.9 Å². The molecule has 0 aromatic heterocycles. The van der Waals surface area contributed by atoms with Crippen LogP contribution in [0.25, 0.3) is 0 Å². The van der Waals surface area contributed by atoms with Gasteiger partial charge in [0.2, 0.25) is 10.0 Å². The van der Waals surface area contributed by atoms with Crippen LogP contribution in [0.5, 0.6) is 5.75 Å². The van der Waals surface area contributed by atoms with Gasteiger partial charge < -0.3 is 4.74 Å². The number of Topliss-reactive ketones (excluding diaryl/α,β-unsaturated/α-hetero) is 1. The van der Waals surface area contributed by atoms with Crippen LogP contribution >= 0.6 is 0 Å². The molecule has 1 N–H and O–H groups in total. The van der Waals surface area contributed by atoms with Crippen molar-refractivity contribution < 1.29 is 17.9 Å². The summed E-state index contributed by atoms with van der Waals surface area (Å²) in [5.74, 6) is 0.967. The molecule has 1 aromatic rings. The van der Waals surface area contributed by atoms with Crippen LogP contribution in [-0.2, 0) is 21.4 Å². The highest BCUT2D eigenvalue weighted by Gasteiger charge is 2.65. The minimum absolute atomic E-state index is 0.114. The maximum atomic E-state index is 12.7. The maximum Gasteiger partial charge on any atom is 0.212 e. The molecule has 0 aliphatic heterocycles. The Morgan fingerprint density at radius 2 is 2.00 bits per heavy atom. The number of carbonyl (C=O) groups excluding carboxylic acids is 1. The molecule has 0 amide bonds. The largest absolute Gasteiger partial charge is 0.496 e. The van der Waals surface area contributed by atoms with Crippen molar-refractivity contribution >= 4 is 15.8 Å². The van der Waals surface area contributed by atoms with E-state index in [1.54, 1.807) is 13.2 Å². The van der Waals surface area contributed by atoms with Crippen molar-refractivity contribution in [3.8, 4) is 5.75 Å². The molecule has 24 heavy (non-hydrogen) atoms. The topological polar surface area (TPSA) is 72.5 Å². The summed E-state index contributed by atoms with van der Waals surface area (Å²) in [7, 11) is -2.00. The van der Waals surface area contributed by atoms with E-state index in [0.717, 1.165) is 12.0 Å². The number of para-hydroxylation sites is 1. The van der Waals surface area contributed by atoms with Crippen LogP contribution in [0.4, 0.5) is 0 Å². The first-order chi connectivity index (χ1) is 11.2. The quantitative estimate of drug-likeness (QED) is 0.855. The Morgan fingerprint density at radius 1 is 1.29 bits per heavy atom. The second-order valence-corrected chi connectivity index (χ2v) is 9.37. The van der Waals surface area contributed by atoms with Crippen molar-refractivity contribution in [1.29, 1.82) is 0 Å². The Hall–Kier alpha value is -1.40. The van der Waals surface area contributed by atoms with Gasteiger partial charge in [-0.15, -0.1) is 0 Å². The van der Waals surface area contributed by atoms with Crippen molar-refractivity contribution in [1.82, 2.24) is 4.72 Å². The second-order valence-electron chi connectivity index (χ2n) is 7.56. The van der Waals surface area contributed by atoms with E-state index in [1.807, 2.05) is 32.0 Å². The van der Waals surface area contributed by atoms with E-state index in [1.165, 1.54) is 0 Å². The average molecular weight is 351 g/mol. The molecule has 0 unspecified atom stereocenters. The van der Waals surface area contributed by atoms with Gasteiger partial charge in [-0.3, -0.25) is 4.79 Å². The molecule has 0 saturated heterocycles. The highest BCUT2D eigenvalue weighted by atomic mass is 32.2. The molecule has 0 radical (unpaired) electrons. The molecular formula is C18H25NO4S. The lowest BCUT2D eigenvalue weighted by atomic mass is 9.70. The lowest BCUT2D eigenvalue weighted by molar-refractivity contribution is -0.128. The number of rotatable bonds is 6. The Bertz CT molecular complexity index is 756. The van der Waals surface area contributed by atoms with Gasteiger partial charge in [0.25, 0.3) is 0 Å². The van der Waals surface area contributed by atoms with Gasteiger partial charge in [0, 0.05) is 23.9 Å². The molecule has 3 rings (SSSR count). The van der Waals surface area contributed by atoms with E-state index in [2.05, 4.69) is 4.72 Å². The van der Waals surface area contributed by atoms with Crippen LogP contribution in [0.15, 0.2) is 24.3 Å². The van der Waals surface area contributed by atoms with E-state index in [-0.39, 0.29) is 23.5 Å². The average Bonchev–Trinajstić information content (AvgIpc) is 2.87. The summed E-state index contributed by atoms with van der Waals surface area (Å²) in [6.45, 7) is 4.26. The third kappa shape index (κ3) is 2.65. The molecule has 2 fully saturated rings. The van der Waals surface area contributed by atoms with Crippen LogP contribution in [-0.4, -0.2) is 27.1 Å². The van der Waals surface area contributed by atoms with Crippen molar-refractivity contribution in [2.24, 2.45) is 16.7 Å². The van der Waals surface area contributed by atoms with Crippen LogP contribution in [0.3, 0.4) is 0 Å². The first-order valence-electron chi connectivity index (χ1n) is 8.34. The summed E-state index contributed by atoms with van der Waals surface area (Å²) in [5.41, 5.74) is -0.199. The molecule has 132 valence electrons. The molecule has 5 nitrogen and oxygen atoms in total. The lowest BCUT2D eigenvalue weighted by Crippen LogP contribution is -2.45. The van der Waals surface area contributed by atoms with Gasteiger partial charge >= 0.3 is 0 Å². The third-order valence-corrected chi connectivity index (χ3v) is 7.71. The van der Waals surface area contributed by atoms with Gasteiger partial charge in [-0.1, -0.05) is 32.0 Å². The van der Waals surface area contributed by atoms with Crippen molar-refractivity contribution in [3.63, 3.8) is 0 Å². The molecule has 2 aliphatic rings. The van der Waals surface area contributed by atoms with Crippen LogP contribution in [0.2, 0.25) is 0 Å². The summed E-state index contributed by atoms with van der Waals surface area (Å²) in [4.78, 5) is 12.5. The van der Waals surface area contributed by atoms with Gasteiger partial charge in [-0.2, -0.15) is 0 Å². The molecule has 0 spiro atoms. The number of carbonyl (C=O) groups is 1. The summed E-state index contributed by atoms with van der Waals surface area (Å²) in [5, 5.41) is 0. The van der Waals surface area contributed by atoms with Gasteiger partial charge in [0.15, 0.2) is 0 Å². The zero-order valence-corrected chi connectivity index (χ0v) is 15.3. The van der Waals surface area contributed by atoms with E-state index in [0.29, 0.717) is 24.5 Å². The van der Waals surface area contributed by atoms with Crippen LogP contribution in [0.1, 0.15) is 38.7 Å². The predicted octanol–water partition coefficient (Wildman–Crippen LogP) is 2.51. The Labute approximate surface area is 143 Å². The Balaban J connectivity index is 1.76. The standard InChI is InChI=1S/C18H25NO4S/c1-17(2)14-8-9-18(17,16(20)10-14)12-24(21,22)19-11-13-6-4-5-7-15(13)23-3/h4-7,14,19H,8-12H2,1-3H3/t14-,18-/m0/s1. The minimum Gasteiger partial charge on any atom is -0.496 e. The molecule has 2 atom stereocenters. The normalized spacial score (nSPS) is 28.3. The number of fused-ring (bicyclic) bond motifs is 2. The van der Waals surface area contributed by atoms with E-state index >= 15 is 0 Å². The van der Waals surface area contributed by atoms with Crippen LogP contribution < -0.4 is 9.46 Å². The molecule has 2 saturated carbocycles. The highest BCUT2D eigenvalue weighted by Crippen LogP contribution is 2.64. The highest BCUT2D eigenvalue weighted by molar-refractivity contribution is 7.89. The number of benzene rings is 1. The summed E-state index contributed by atoms with van der Waals surface area (Å²) < 4.78 is 33.2. The number of hydrogen-bond donors (Lipinski definition) is 1. The Kier molecular flexibility index (Phi) is 4.24. The Morgan fingerprint density at radius 3 is 2.58 bits per heavy atom. The van der Waals surface area contributed by atoms with Gasteiger partial charge in [0.05, 0.1) is 12.9 Å². The monoisotopic (exact) mass is 351 g/mol. The first-order valence-corrected chi connectivity index (χ1v) is 10.00. The van der Waals surface area contributed by atoms with Gasteiger partial charge in [0.1, 0.15) is 11.5 Å². The molecular weight excluding hydrogens is 326 g/mol. The smallest absolute Gasteiger partial charge is 0.212 e. The fourth-order valence-corrected chi connectivity index (χ4v) is 6.32. The number of ketones is 1. The van der Waals surface area contributed by atoms with E-state index in [9.17, 15) is 13.2 Å². The predicted molar refractivity (Wildman–Crippen MR) is 92.2 cm³/mol. The van der Waals surface area contributed by atoms with Crippen LogP contribution in [0, 0.1) is 16.7 Å². The molecule has 0 heterocycles. The summed E-state index contributed by atoms with van der Waals surface area (Å²) in [6, 6.07) is 7.31. The SMILES string of the molecule is COc1ccccc1CNS(=O)(=O)C[C@@]12CC[C@@H](CC1=O)C2(C)C. The fraction of sp³-hybridized carbons (Fsp3) is 0.611. The van der Waals surface area contributed by atoms with Crippen molar-refractivity contribution in [3.05, 3.63) is 29.8 Å². The molecule has 6 heteroatoms. The molecule has 1 aromatic carbocycles. The number of nitrogens with one attached hydrogen (secondary N) is 1. The molecule has 2 aliphatic carbocycles.